The summed E-state index contributed by atoms with van der Waals surface area (Å²) in [7, 11) is 17.3. The van der Waals surface area contributed by atoms with E-state index in [0.717, 1.165) is 120 Å². The van der Waals surface area contributed by atoms with Gasteiger partial charge in [-0.15, -0.1) is 0 Å². The number of carbonyl (C=O) groups is 5. The van der Waals surface area contributed by atoms with Crippen molar-refractivity contribution in [3.05, 3.63) is 82.9 Å². The SMILES string of the molecule is C.C.CCOC(=O)N1CCC(=O)CC1.CCOC(=O)N1CCC(N2CCC3(CC=C(C(=O)N(C)C)c4ccccc43)CC2)CC1.CN(C)C(=O)C1=CCC2(CCNCC2)c2ccccc21.[B][B][B]. The molecule has 4 heterocycles. The molecule has 0 bridgehead atoms. The highest BCUT2D eigenvalue weighted by atomic mass is 16.6. The number of fused-ring (bicyclic) bond motifs is 4. The Balaban J connectivity index is 0.000000284. The molecule has 2 aromatic rings. The molecule has 0 atom stereocenters. The van der Waals surface area contributed by atoms with Crippen LogP contribution in [0.5, 0.6) is 0 Å². The van der Waals surface area contributed by atoms with Crippen molar-refractivity contribution in [2.24, 2.45) is 0 Å². The van der Waals surface area contributed by atoms with Crippen molar-refractivity contribution in [3.63, 3.8) is 0 Å². The number of benzene rings is 2. The second-order valence-corrected chi connectivity index (χ2v) is 18.3. The lowest BCUT2D eigenvalue weighted by molar-refractivity contribution is -0.123. The maximum absolute atomic E-state index is 12.7. The minimum atomic E-state index is -0.301. The molecule has 2 aromatic carbocycles. The third-order valence-corrected chi connectivity index (χ3v) is 13.9. The fraction of sp³-hybridized carbons (Fsp3) is 0.596. The molecule has 4 amide bonds. The number of hydrogen-bond donors (Lipinski definition) is 1. The molecule has 0 unspecified atom stereocenters. The number of rotatable bonds is 5. The van der Waals surface area contributed by atoms with Crippen LogP contribution in [-0.2, 0) is 34.7 Å². The van der Waals surface area contributed by atoms with Crippen LogP contribution in [0.1, 0.15) is 115 Å². The number of ether oxygens (including phenoxy) is 2. The van der Waals surface area contributed by atoms with Crippen LogP contribution in [0.15, 0.2) is 60.7 Å². The third kappa shape index (κ3) is 14.1. The van der Waals surface area contributed by atoms with E-state index in [0.29, 0.717) is 45.2 Å². The smallest absolute Gasteiger partial charge is 0.409 e. The highest BCUT2D eigenvalue weighted by Crippen LogP contribution is 2.47. The van der Waals surface area contributed by atoms with Crippen molar-refractivity contribution in [2.45, 2.75) is 110 Å². The second-order valence-electron chi connectivity index (χ2n) is 18.3. The normalized spacial score (nSPS) is 19.0. The second kappa shape index (κ2) is 27.4. The van der Waals surface area contributed by atoms with Gasteiger partial charge in [-0.05, 0) is 114 Å². The fourth-order valence-corrected chi connectivity index (χ4v) is 10.2. The summed E-state index contributed by atoms with van der Waals surface area (Å²) in [5, 5.41) is 3.44. The molecular weight excluding hydrogens is 853 g/mol. The lowest BCUT2D eigenvalue weighted by atomic mass is 9.40. The number of piperidine rings is 4. The van der Waals surface area contributed by atoms with Crippen LogP contribution in [-0.4, -0.2) is 177 Å². The number of nitrogens with zero attached hydrogens (tertiary/aromatic N) is 5. The van der Waals surface area contributed by atoms with Gasteiger partial charge in [0.2, 0.25) is 0 Å². The molecule has 0 saturated carbocycles. The molecule has 4 aliphatic heterocycles. The van der Waals surface area contributed by atoms with Crippen LogP contribution >= 0.6 is 0 Å². The summed E-state index contributed by atoms with van der Waals surface area (Å²) in [6, 6.07) is 17.5. The van der Waals surface area contributed by atoms with Crippen LogP contribution in [0.25, 0.3) is 11.1 Å². The van der Waals surface area contributed by atoms with Gasteiger partial charge in [-0.1, -0.05) is 75.5 Å². The lowest BCUT2D eigenvalue weighted by Gasteiger charge is -2.48. The average molecular weight is 932 g/mol. The Labute approximate surface area is 411 Å². The topological polar surface area (TPSA) is 132 Å². The average Bonchev–Trinajstić information content (AvgIpc) is 3.33. The zero-order chi connectivity index (χ0) is 47.9. The van der Waals surface area contributed by atoms with Crippen molar-refractivity contribution in [3.8, 4) is 0 Å². The van der Waals surface area contributed by atoms with E-state index in [2.05, 4.69) is 74.2 Å². The van der Waals surface area contributed by atoms with E-state index in [1.165, 1.54) is 11.1 Å². The molecule has 2 spiro atoms. The molecule has 367 valence electrons. The van der Waals surface area contributed by atoms with Gasteiger partial charge in [0.25, 0.3) is 11.8 Å². The molecule has 8 rings (SSSR count). The van der Waals surface area contributed by atoms with Crippen molar-refractivity contribution in [2.75, 3.05) is 93.8 Å². The first-order valence-corrected chi connectivity index (χ1v) is 23.8. The fourth-order valence-electron chi connectivity index (χ4n) is 10.2. The summed E-state index contributed by atoms with van der Waals surface area (Å²) in [6.07, 6.45) is 13.3. The van der Waals surface area contributed by atoms with Crippen LogP contribution in [0.3, 0.4) is 0 Å². The summed E-state index contributed by atoms with van der Waals surface area (Å²) in [4.78, 5) is 68.4. The quantitative estimate of drug-likeness (QED) is 0.328. The highest BCUT2D eigenvalue weighted by Gasteiger charge is 2.42. The molecule has 2 aliphatic carbocycles. The molecule has 4 saturated heterocycles. The lowest BCUT2D eigenvalue weighted by Crippen LogP contribution is -2.52. The maximum atomic E-state index is 12.7. The number of likely N-dealkylation sites (tertiary alicyclic amines) is 3. The molecule has 6 aliphatic rings. The standard InChI is InChI=1S/C25H35N3O3.C17H22N2O.C8H13NO3.2CH4.B3/c1-4-31-24(30)28-15-10-19(11-16-28)27-17-13-25(14-18-27)12-9-21(23(29)26(2)3)20-7-5-6-8-22(20)25;1-19(2)16(20)14-7-8-17(9-11-18-12-10-17)15-6-4-3-5-13(14)15;1-2-12-8(11)9-5-3-7(10)4-6-9;;;1-3-2/h5-9,19H,4,10-18H2,1-3H3;3-7,18H,8-12H2,1-2H3;2-6H2,1H3;2*1H4;. The number of likely N-dealkylation sites (N-methyl/N-ethyl adjacent to an activating group) is 2. The minimum Gasteiger partial charge on any atom is -0.450 e. The first-order valence-electron chi connectivity index (χ1n) is 23.8. The Morgan fingerprint density at radius 3 is 1.47 bits per heavy atom. The zero-order valence-electron chi connectivity index (χ0n) is 40.3. The maximum Gasteiger partial charge on any atom is 0.409 e. The molecule has 13 nitrogen and oxygen atoms in total. The van der Waals surface area contributed by atoms with Crippen LogP contribution in [0.2, 0.25) is 0 Å². The van der Waals surface area contributed by atoms with Gasteiger partial charge in [0, 0.05) is 118 Å². The molecule has 68 heavy (non-hydrogen) atoms. The van der Waals surface area contributed by atoms with E-state index in [-0.39, 0.29) is 55.5 Å². The first-order chi connectivity index (χ1) is 31.7. The van der Waals surface area contributed by atoms with Crippen molar-refractivity contribution < 1.29 is 33.4 Å². The summed E-state index contributed by atoms with van der Waals surface area (Å²) in [5.41, 5.74) is 7.05. The number of ketones is 1. The molecular formula is C52H78B3N6O7. The van der Waals surface area contributed by atoms with E-state index < -0.39 is 0 Å². The Morgan fingerprint density at radius 1 is 0.662 bits per heavy atom. The first kappa shape index (κ1) is 57.5. The Hall–Kier alpha value is -4.82. The number of amides is 4. The van der Waals surface area contributed by atoms with Crippen LogP contribution in [0, 0.1) is 0 Å². The van der Waals surface area contributed by atoms with Gasteiger partial charge in [-0.3, -0.25) is 14.4 Å². The van der Waals surface area contributed by atoms with Crippen molar-refractivity contribution in [1.29, 1.82) is 0 Å². The van der Waals surface area contributed by atoms with E-state index in [9.17, 15) is 24.0 Å². The van der Waals surface area contributed by atoms with Crippen LogP contribution < -0.4 is 5.32 Å². The van der Waals surface area contributed by atoms with Crippen molar-refractivity contribution in [1.82, 2.24) is 29.8 Å². The van der Waals surface area contributed by atoms with Gasteiger partial charge < -0.3 is 39.3 Å². The Bertz CT molecular complexity index is 2030. The number of allylic oxidation sites excluding steroid dienone is 2. The molecule has 5 radical (unpaired) electrons. The summed E-state index contributed by atoms with van der Waals surface area (Å²) >= 11 is 0. The van der Waals surface area contributed by atoms with E-state index >= 15 is 0 Å². The predicted molar refractivity (Wildman–Crippen MR) is 277 cm³/mol. The third-order valence-electron chi connectivity index (χ3n) is 13.9. The number of hydrogen-bond acceptors (Lipinski definition) is 9. The molecule has 16 heteroatoms. The number of Topliss-reactive ketones (excluding diaryl/α,β-unsaturated/α-hetero) is 1. The van der Waals surface area contributed by atoms with Crippen LogP contribution in [0.4, 0.5) is 9.59 Å². The van der Waals surface area contributed by atoms with Gasteiger partial charge in [0.15, 0.2) is 0 Å². The largest absolute Gasteiger partial charge is 0.450 e. The summed E-state index contributed by atoms with van der Waals surface area (Å²) in [5.74, 6) is 0.435. The van der Waals surface area contributed by atoms with Gasteiger partial charge in [0.05, 0.1) is 13.2 Å². The number of carbonyl (C=O) groups excluding carboxylic acids is 5. The summed E-state index contributed by atoms with van der Waals surface area (Å²) in [6.45, 7) is 11.3. The molecule has 4 fully saturated rings. The van der Waals surface area contributed by atoms with E-state index in [1.54, 1.807) is 21.6 Å². The van der Waals surface area contributed by atoms with E-state index in [4.69, 9.17) is 9.47 Å². The van der Waals surface area contributed by atoms with Crippen molar-refractivity contribution >= 4 is 63.5 Å². The van der Waals surface area contributed by atoms with E-state index in [1.807, 2.05) is 52.1 Å². The minimum absolute atomic E-state index is 0. The highest BCUT2D eigenvalue weighted by molar-refractivity contribution is 7.17. The molecule has 1 N–H and O–H groups in total. The van der Waals surface area contributed by atoms with Gasteiger partial charge in [0.1, 0.15) is 5.78 Å². The molecule has 0 aromatic heterocycles. The Morgan fingerprint density at radius 2 is 1.06 bits per heavy atom. The van der Waals surface area contributed by atoms with Gasteiger partial charge in [-0.25, -0.2) is 9.59 Å². The number of nitrogens with one attached hydrogen (secondary N) is 1. The zero-order valence-corrected chi connectivity index (χ0v) is 40.3. The Kier molecular flexibility index (Phi) is 23.2. The summed E-state index contributed by atoms with van der Waals surface area (Å²) < 4.78 is 9.94. The van der Waals surface area contributed by atoms with Gasteiger partial charge >= 0.3 is 12.2 Å². The monoisotopic (exact) mass is 932 g/mol. The van der Waals surface area contributed by atoms with Gasteiger partial charge in [-0.2, -0.15) is 0 Å². The predicted octanol–water partition coefficient (Wildman–Crippen LogP) is 6.64.